The molecular weight excluding hydrogens is 542 g/mol. The summed E-state index contributed by atoms with van der Waals surface area (Å²) in [5.41, 5.74) is 0.301. The number of sulfonamides is 1. The van der Waals surface area contributed by atoms with Crippen molar-refractivity contribution in [2.75, 3.05) is 38.6 Å². The van der Waals surface area contributed by atoms with Gasteiger partial charge in [0, 0.05) is 30.8 Å². The number of anilines is 1. The van der Waals surface area contributed by atoms with Crippen molar-refractivity contribution in [1.82, 2.24) is 14.2 Å². The lowest BCUT2D eigenvalue weighted by Gasteiger charge is -2.32. The van der Waals surface area contributed by atoms with Gasteiger partial charge in [-0.15, -0.1) is 12.4 Å². The van der Waals surface area contributed by atoms with Gasteiger partial charge in [0.15, 0.2) is 10.9 Å². The molecule has 0 N–H and O–H groups in total. The molecule has 1 unspecified atom stereocenters. The van der Waals surface area contributed by atoms with Gasteiger partial charge in [-0.3, -0.25) is 9.69 Å². The zero-order valence-electron chi connectivity index (χ0n) is 21.0. The third-order valence-electron chi connectivity index (χ3n) is 6.31. The number of piperidine rings is 1. The third kappa shape index (κ3) is 6.46. The second kappa shape index (κ2) is 12.1. The Labute approximate surface area is 226 Å². The molecule has 1 aliphatic heterocycles. The largest absolute Gasteiger partial charge is 0.309 e. The summed E-state index contributed by atoms with van der Waals surface area (Å²) < 4.78 is 56.1. The first kappa shape index (κ1) is 29.4. The predicted octanol–water partition coefficient (Wildman–Crippen LogP) is 5.16. The number of hydrogen-bond acceptors (Lipinski definition) is 6. The van der Waals surface area contributed by atoms with Gasteiger partial charge in [0.1, 0.15) is 11.3 Å². The highest BCUT2D eigenvalue weighted by Gasteiger charge is 2.31. The molecule has 0 saturated carbocycles. The number of benzene rings is 2. The Hall–Kier alpha value is -2.18. The van der Waals surface area contributed by atoms with Crippen molar-refractivity contribution in [2.24, 2.45) is 0 Å². The van der Waals surface area contributed by atoms with Gasteiger partial charge in [-0.2, -0.15) is 4.31 Å². The van der Waals surface area contributed by atoms with Gasteiger partial charge < -0.3 is 4.90 Å². The average Bonchev–Trinajstić information content (AvgIpc) is 3.25. The van der Waals surface area contributed by atoms with Gasteiger partial charge in [0.05, 0.1) is 9.60 Å². The van der Waals surface area contributed by atoms with Gasteiger partial charge in [-0.25, -0.2) is 22.2 Å². The Kier molecular flexibility index (Phi) is 9.62. The molecule has 4 rings (SSSR count). The Morgan fingerprint density at radius 3 is 2.49 bits per heavy atom. The quantitative estimate of drug-likeness (QED) is 0.373. The van der Waals surface area contributed by atoms with Gasteiger partial charge >= 0.3 is 0 Å². The van der Waals surface area contributed by atoms with Crippen LogP contribution in [0, 0.1) is 11.6 Å². The van der Waals surface area contributed by atoms with E-state index in [1.54, 1.807) is 0 Å². The molecule has 1 fully saturated rings. The van der Waals surface area contributed by atoms with E-state index in [1.165, 1.54) is 39.5 Å². The molecule has 2 heterocycles. The van der Waals surface area contributed by atoms with E-state index in [1.807, 2.05) is 25.9 Å². The fraction of sp³-hybridized carbons (Fsp3) is 0.440. The first-order valence-corrected chi connectivity index (χ1v) is 14.2. The molecule has 1 aromatic heterocycles. The highest BCUT2D eigenvalue weighted by atomic mass is 35.5. The SMILES string of the molecule is CC1CCCCN1S(=O)(=O)c1ccc(C(=O)N(CCCN(C)C)c2nc3c(F)cc(F)cc3s2)cc1.Cl. The van der Waals surface area contributed by atoms with Crippen LogP contribution >= 0.6 is 23.7 Å². The summed E-state index contributed by atoms with van der Waals surface area (Å²) in [7, 11) is 0.181. The van der Waals surface area contributed by atoms with E-state index in [4.69, 9.17) is 0 Å². The lowest BCUT2D eigenvalue weighted by molar-refractivity contribution is 0.0986. The van der Waals surface area contributed by atoms with Gasteiger partial charge in [0.2, 0.25) is 10.0 Å². The summed E-state index contributed by atoms with van der Waals surface area (Å²) in [5, 5.41) is 0.261. The molecule has 3 aromatic rings. The van der Waals surface area contributed by atoms with Gasteiger partial charge in [0.25, 0.3) is 5.91 Å². The normalized spacial score (nSPS) is 16.6. The summed E-state index contributed by atoms with van der Waals surface area (Å²) in [6.45, 7) is 3.42. The summed E-state index contributed by atoms with van der Waals surface area (Å²) in [6, 6.07) is 7.80. The van der Waals surface area contributed by atoms with E-state index in [0.717, 1.165) is 36.7 Å². The van der Waals surface area contributed by atoms with Crippen LogP contribution in [0.2, 0.25) is 0 Å². The number of aromatic nitrogens is 1. The number of nitrogens with zero attached hydrogens (tertiary/aromatic N) is 4. The maximum absolute atomic E-state index is 14.3. The molecule has 1 amide bonds. The lowest BCUT2D eigenvalue weighted by Crippen LogP contribution is -2.41. The molecule has 0 aliphatic carbocycles. The van der Waals surface area contributed by atoms with Gasteiger partial charge in [-0.05, 0) is 77.2 Å². The predicted molar refractivity (Wildman–Crippen MR) is 145 cm³/mol. The fourth-order valence-electron chi connectivity index (χ4n) is 4.38. The summed E-state index contributed by atoms with van der Waals surface area (Å²) in [4.78, 5) is 21.4. The van der Waals surface area contributed by atoms with Crippen LogP contribution < -0.4 is 4.90 Å². The number of rotatable bonds is 8. The molecule has 0 radical (unpaired) electrons. The standard InChI is InChI=1S/C25H30F2N4O3S2.ClH/c1-17-7-4-5-14-31(17)36(33,34)20-10-8-18(9-11-20)24(32)30(13-6-12-29(2)3)25-28-23-21(27)15-19(26)16-22(23)35-25;/h8-11,15-17H,4-7,12-14H2,1-3H3;1H. The lowest BCUT2D eigenvalue weighted by atomic mass is 10.1. The second-order valence-electron chi connectivity index (χ2n) is 9.33. The van der Waals surface area contributed by atoms with E-state index in [-0.39, 0.29) is 45.5 Å². The minimum atomic E-state index is -3.66. The van der Waals surface area contributed by atoms with E-state index >= 15 is 0 Å². The number of fused-ring (bicyclic) bond motifs is 1. The molecule has 0 bridgehead atoms. The van der Waals surface area contributed by atoms with Crippen molar-refractivity contribution in [3.05, 3.63) is 53.6 Å². The zero-order chi connectivity index (χ0) is 26.0. The maximum Gasteiger partial charge on any atom is 0.260 e. The number of hydrogen-bond donors (Lipinski definition) is 0. The van der Waals surface area contributed by atoms with Crippen LogP contribution in [0.3, 0.4) is 0 Å². The van der Waals surface area contributed by atoms with Crippen molar-refractivity contribution >= 4 is 55.0 Å². The topological polar surface area (TPSA) is 73.8 Å². The van der Waals surface area contributed by atoms with Crippen LogP contribution in [-0.2, 0) is 10.0 Å². The summed E-state index contributed by atoms with van der Waals surface area (Å²) in [5.74, 6) is -1.88. The molecule has 1 saturated heterocycles. The van der Waals surface area contributed by atoms with Crippen LogP contribution in [0.15, 0.2) is 41.3 Å². The Morgan fingerprint density at radius 2 is 1.84 bits per heavy atom. The van der Waals surface area contributed by atoms with Crippen molar-refractivity contribution in [2.45, 2.75) is 43.5 Å². The molecule has 2 aromatic carbocycles. The number of thiazole rings is 1. The van der Waals surface area contributed by atoms with E-state index in [2.05, 4.69) is 4.98 Å². The van der Waals surface area contributed by atoms with E-state index in [9.17, 15) is 22.0 Å². The average molecular weight is 573 g/mol. The van der Waals surface area contributed by atoms with E-state index in [0.29, 0.717) is 30.8 Å². The minimum absolute atomic E-state index is 0. The van der Waals surface area contributed by atoms with E-state index < -0.39 is 21.7 Å². The molecular formula is C25H31ClF2N4O3S2. The van der Waals surface area contributed by atoms with Crippen molar-refractivity contribution in [1.29, 1.82) is 0 Å². The molecule has 202 valence electrons. The fourth-order valence-corrected chi connectivity index (χ4v) is 7.11. The zero-order valence-corrected chi connectivity index (χ0v) is 23.4. The highest BCUT2D eigenvalue weighted by Crippen LogP contribution is 2.32. The molecule has 7 nitrogen and oxygen atoms in total. The minimum Gasteiger partial charge on any atom is -0.309 e. The Morgan fingerprint density at radius 1 is 1.14 bits per heavy atom. The smallest absolute Gasteiger partial charge is 0.260 e. The van der Waals surface area contributed by atoms with Crippen molar-refractivity contribution in [3.63, 3.8) is 0 Å². The second-order valence-corrected chi connectivity index (χ2v) is 12.2. The van der Waals surface area contributed by atoms with Crippen LogP contribution in [0.25, 0.3) is 10.2 Å². The Bertz CT molecular complexity index is 1350. The van der Waals surface area contributed by atoms with Gasteiger partial charge in [-0.1, -0.05) is 17.8 Å². The van der Waals surface area contributed by atoms with Crippen molar-refractivity contribution < 1.29 is 22.0 Å². The molecule has 0 spiro atoms. The van der Waals surface area contributed by atoms with Crippen LogP contribution in [0.5, 0.6) is 0 Å². The molecule has 12 heteroatoms. The maximum atomic E-state index is 14.3. The highest BCUT2D eigenvalue weighted by molar-refractivity contribution is 7.89. The monoisotopic (exact) mass is 572 g/mol. The first-order valence-electron chi connectivity index (χ1n) is 11.9. The summed E-state index contributed by atoms with van der Waals surface area (Å²) >= 11 is 1.04. The van der Waals surface area contributed by atoms with Crippen LogP contribution in [-0.4, -0.2) is 68.3 Å². The Balaban J connectivity index is 0.00000380. The molecule has 37 heavy (non-hydrogen) atoms. The third-order valence-corrected chi connectivity index (χ3v) is 9.37. The molecule has 1 aliphatic rings. The number of halogens is 3. The summed E-state index contributed by atoms with van der Waals surface area (Å²) in [6.07, 6.45) is 3.29. The first-order chi connectivity index (χ1) is 17.1. The van der Waals surface area contributed by atoms with Crippen LogP contribution in [0.4, 0.5) is 13.9 Å². The molecule has 1 atom stereocenters. The number of carbonyl (C=O) groups is 1. The number of carbonyl (C=O) groups excluding carboxylic acids is 1. The number of amides is 1. The van der Waals surface area contributed by atoms with Crippen LogP contribution in [0.1, 0.15) is 43.0 Å². The van der Waals surface area contributed by atoms with Crippen molar-refractivity contribution in [3.8, 4) is 0 Å².